The monoisotopic (exact) mass is 377 g/mol. The van der Waals surface area contributed by atoms with Crippen molar-refractivity contribution in [3.63, 3.8) is 0 Å². The van der Waals surface area contributed by atoms with Gasteiger partial charge in [0.2, 0.25) is 5.91 Å². The van der Waals surface area contributed by atoms with Crippen molar-refractivity contribution in [2.24, 2.45) is 5.92 Å². The summed E-state index contributed by atoms with van der Waals surface area (Å²) in [6, 6.07) is 2.32. The molecule has 2 atom stereocenters. The molecule has 5 nitrogen and oxygen atoms in total. The summed E-state index contributed by atoms with van der Waals surface area (Å²) in [4.78, 5) is 32.7. The van der Waals surface area contributed by atoms with Crippen LogP contribution in [0.4, 0.5) is 0 Å². The van der Waals surface area contributed by atoms with Gasteiger partial charge in [0.1, 0.15) is 0 Å². The molecule has 0 radical (unpaired) electrons. The highest BCUT2D eigenvalue weighted by molar-refractivity contribution is 7.12. The molecule has 2 fully saturated rings. The number of amides is 2. The molecule has 0 spiro atoms. The fourth-order valence-electron chi connectivity index (χ4n) is 4.35. The molecule has 26 heavy (non-hydrogen) atoms. The van der Waals surface area contributed by atoms with Crippen LogP contribution < -0.4 is 0 Å². The molecule has 2 saturated heterocycles. The van der Waals surface area contributed by atoms with Gasteiger partial charge in [-0.05, 0) is 55.8 Å². The van der Waals surface area contributed by atoms with Crippen LogP contribution in [0.2, 0.25) is 0 Å². The standard InChI is InChI=1S/C20H31N3O2S/c1-4-21(5-2)11-12-23-17-8-10-22(14-16(17)6-7-18(23)24)20(25)19-15(3)9-13-26-19/h9,13,16-17H,4-8,10-12,14H2,1-3H3/t16-,17+/m1/s1. The highest BCUT2D eigenvalue weighted by Crippen LogP contribution is 2.32. The normalized spacial score (nSPS) is 23.5. The van der Waals surface area contributed by atoms with Crippen LogP contribution in [-0.4, -0.2) is 71.8 Å². The molecule has 3 rings (SSSR count). The van der Waals surface area contributed by atoms with Gasteiger partial charge in [0.15, 0.2) is 0 Å². The third kappa shape index (κ3) is 3.96. The zero-order valence-corrected chi connectivity index (χ0v) is 17.1. The summed E-state index contributed by atoms with van der Waals surface area (Å²) in [5, 5.41) is 1.99. The molecule has 2 aliphatic rings. The van der Waals surface area contributed by atoms with Crippen molar-refractivity contribution in [2.75, 3.05) is 39.3 Å². The van der Waals surface area contributed by atoms with Crippen LogP contribution in [0.1, 0.15) is 48.3 Å². The van der Waals surface area contributed by atoms with E-state index in [4.69, 9.17) is 0 Å². The number of piperidine rings is 2. The number of likely N-dealkylation sites (N-methyl/N-ethyl adjacent to an activating group) is 1. The van der Waals surface area contributed by atoms with Crippen LogP contribution in [-0.2, 0) is 4.79 Å². The molecule has 0 bridgehead atoms. The van der Waals surface area contributed by atoms with Crippen molar-refractivity contribution in [1.29, 1.82) is 0 Å². The van der Waals surface area contributed by atoms with Gasteiger partial charge in [-0.2, -0.15) is 0 Å². The van der Waals surface area contributed by atoms with Crippen molar-refractivity contribution < 1.29 is 9.59 Å². The molecule has 0 N–H and O–H groups in total. The van der Waals surface area contributed by atoms with E-state index in [0.29, 0.717) is 24.3 Å². The molecule has 6 heteroatoms. The van der Waals surface area contributed by atoms with Crippen LogP contribution in [0.3, 0.4) is 0 Å². The molecule has 0 unspecified atom stereocenters. The molecule has 144 valence electrons. The second-order valence-corrected chi connectivity index (χ2v) is 8.37. The zero-order chi connectivity index (χ0) is 18.7. The Morgan fingerprint density at radius 3 is 2.73 bits per heavy atom. The lowest BCUT2D eigenvalue weighted by molar-refractivity contribution is -0.140. The minimum absolute atomic E-state index is 0.169. The predicted molar refractivity (Wildman–Crippen MR) is 106 cm³/mol. The quantitative estimate of drug-likeness (QED) is 0.766. The molecule has 2 aliphatic heterocycles. The van der Waals surface area contributed by atoms with Gasteiger partial charge < -0.3 is 14.7 Å². The second-order valence-electron chi connectivity index (χ2n) is 7.45. The van der Waals surface area contributed by atoms with E-state index in [1.54, 1.807) is 0 Å². The van der Waals surface area contributed by atoms with Crippen molar-refractivity contribution in [3.8, 4) is 0 Å². The number of nitrogens with zero attached hydrogens (tertiary/aromatic N) is 3. The van der Waals surface area contributed by atoms with Gasteiger partial charge in [-0.1, -0.05) is 13.8 Å². The van der Waals surface area contributed by atoms with Crippen molar-refractivity contribution in [1.82, 2.24) is 14.7 Å². The Kier molecular flexibility index (Phi) is 6.35. The second kappa shape index (κ2) is 8.53. The maximum absolute atomic E-state index is 12.8. The number of likely N-dealkylation sites (tertiary alicyclic amines) is 2. The Balaban J connectivity index is 1.64. The third-order valence-electron chi connectivity index (χ3n) is 6.04. The van der Waals surface area contributed by atoms with Crippen LogP contribution in [0, 0.1) is 12.8 Å². The van der Waals surface area contributed by atoms with E-state index in [2.05, 4.69) is 23.6 Å². The highest BCUT2D eigenvalue weighted by atomic mass is 32.1. The molecular weight excluding hydrogens is 346 g/mol. The van der Waals surface area contributed by atoms with Crippen LogP contribution in [0.25, 0.3) is 0 Å². The Bertz CT molecular complexity index is 641. The number of carbonyl (C=O) groups is 2. The fourth-order valence-corrected chi connectivity index (χ4v) is 5.24. The number of rotatable bonds is 6. The molecule has 1 aromatic rings. The van der Waals surface area contributed by atoms with Crippen LogP contribution in [0.15, 0.2) is 11.4 Å². The number of hydrogen-bond acceptors (Lipinski definition) is 4. The summed E-state index contributed by atoms with van der Waals surface area (Å²) in [5.74, 6) is 0.886. The summed E-state index contributed by atoms with van der Waals surface area (Å²) in [7, 11) is 0. The first-order chi connectivity index (χ1) is 12.5. The Labute approximate surface area is 161 Å². The SMILES string of the molecule is CCN(CC)CCN1C(=O)CC[C@@H]2CN(C(=O)c3sccc3C)CC[C@@H]21. The number of hydrogen-bond donors (Lipinski definition) is 0. The minimum atomic E-state index is 0.169. The van der Waals surface area contributed by atoms with Gasteiger partial charge in [-0.3, -0.25) is 9.59 Å². The molecule has 0 aromatic carbocycles. The Morgan fingerprint density at radius 2 is 2.08 bits per heavy atom. The number of thiophene rings is 1. The van der Waals surface area contributed by atoms with E-state index in [-0.39, 0.29) is 5.91 Å². The number of carbonyl (C=O) groups excluding carboxylic acids is 2. The summed E-state index contributed by atoms with van der Waals surface area (Å²) in [6.45, 7) is 11.7. The Hall–Kier alpha value is -1.40. The summed E-state index contributed by atoms with van der Waals surface area (Å²) in [5.41, 5.74) is 1.07. The summed E-state index contributed by atoms with van der Waals surface area (Å²) >= 11 is 1.54. The molecular formula is C20H31N3O2S. The van der Waals surface area contributed by atoms with E-state index in [9.17, 15) is 9.59 Å². The lowest BCUT2D eigenvalue weighted by atomic mass is 9.83. The maximum Gasteiger partial charge on any atom is 0.264 e. The first-order valence-electron chi connectivity index (χ1n) is 9.90. The number of aryl methyl sites for hydroxylation is 1. The highest BCUT2D eigenvalue weighted by Gasteiger charge is 2.40. The topological polar surface area (TPSA) is 43.9 Å². The number of fused-ring (bicyclic) bond motifs is 1. The third-order valence-corrected chi connectivity index (χ3v) is 7.04. The van der Waals surface area contributed by atoms with Gasteiger partial charge in [-0.25, -0.2) is 0 Å². The molecule has 2 amide bonds. The molecule has 0 aliphatic carbocycles. The minimum Gasteiger partial charge on any atom is -0.338 e. The van der Waals surface area contributed by atoms with E-state index in [1.165, 1.54) is 11.3 Å². The zero-order valence-electron chi connectivity index (χ0n) is 16.2. The lowest BCUT2D eigenvalue weighted by Gasteiger charge is -2.47. The van der Waals surface area contributed by atoms with Crippen LogP contribution in [0.5, 0.6) is 0 Å². The van der Waals surface area contributed by atoms with Gasteiger partial charge in [0.25, 0.3) is 5.91 Å². The van der Waals surface area contributed by atoms with Crippen molar-refractivity contribution >= 4 is 23.2 Å². The van der Waals surface area contributed by atoms with Crippen molar-refractivity contribution in [3.05, 3.63) is 21.9 Å². The van der Waals surface area contributed by atoms with Crippen LogP contribution >= 0.6 is 11.3 Å². The summed E-state index contributed by atoms with van der Waals surface area (Å²) < 4.78 is 0. The molecule has 1 aromatic heterocycles. The van der Waals surface area contributed by atoms with E-state index in [1.807, 2.05) is 23.3 Å². The van der Waals surface area contributed by atoms with E-state index in [0.717, 1.165) is 62.6 Å². The average molecular weight is 378 g/mol. The van der Waals surface area contributed by atoms with E-state index < -0.39 is 0 Å². The first-order valence-corrected chi connectivity index (χ1v) is 10.8. The predicted octanol–water partition coefficient (Wildman–Crippen LogP) is 2.85. The van der Waals surface area contributed by atoms with Gasteiger partial charge in [-0.15, -0.1) is 11.3 Å². The lowest BCUT2D eigenvalue weighted by Crippen LogP contribution is -2.58. The van der Waals surface area contributed by atoms with Gasteiger partial charge >= 0.3 is 0 Å². The maximum atomic E-state index is 12.8. The Morgan fingerprint density at radius 1 is 1.31 bits per heavy atom. The average Bonchev–Trinajstić information content (AvgIpc) is 3.09. The van der Waals surface area contributed by atoms with Crippen molar-refractivity contribution in [2.45, 2.75) is 46.1 Å². The fraction of sp³-hybridized carbons (Fsp3) is 0.700. The van der Waals surface area contributed by atoms with Gasteiger partial charge in [0, 0.05) is 38.6 Å². The van der Waals surface area contributed by atoms with Gasteiger partial charge in [0.05, 0.1) is 4.88 Å². The summed E-state index contributed by atoms with van der Waals surface area (Å²) in [6.07, 6.45) is 2.45. The molecule has 0 saturated carbocycles. The largest absolute Gasteiger partial charge is 0.338 e. The molecule has 3 heterocycles. The smallest absolute Gasteiger partial charge is 0.264 e. The first kappa shape index (κ1) is 19.4. The van der Waals surface area contributed by atoms with E-state index >= 15 is 0 Å².